The van der Waals surface area contributed by atoms with E-state index in [0.717, 1.165) is 36.6 Å². The number of β-amino-alcohol motifs (C(OH)–C–C–N with tert-alkyl or cyclic N) is 1. The number of carbonyl (C=O) groups excluding carboxylic acids is 1. The lowest BCUT2D eigenvalue weighted by molar-refractivity contribution is -0.139. The van der Waals surface area contributed by atoms with Gasteiger partial charge in [0.2, 0.25) is 5.91 Å². The molecule has 3 aromatic rings. The minimum atomic E-state index is -0.935. The molecule has 2 N–H and O–H groups in total. The Kier molecular flexibility index (Phi) is 6.08. The maximum atomic E-state index is 13.8. The predicted molar refractivity (Wildman–Crippen MR) is 139 cm³/mol. The standard InChI is InChI=1S/C30H34N2O4/c33-23-10-6-14-31(18-23)29(34)22-15-20-9-4-5-11-24(20)28-27(19-7-2-1-3-8-19)25-13-12-21(30(35)36)16-26(25)32(28)17-22/h4-5,9,11-13,16,19,22-23,33H,1-3,6-8,10,14-15,17-18H2,(H,35,36). The van der Waals surface area contributed by atoms with Crippen LogP contribution in [-0.2, 0) is 17.8 Å². The molecule has 0 spiro atoms. The van der Waals surface area contributed by atoms with Gasteiger partial charge in [-0.15, -0.1) is 0 Å². The first kappa shape index (κ1) is 23.3. The van der Waals surface area contributed by atoms with Crippen LogP contribution in [-0.4, -0.2) is 50.8 Å². The summed E-state index contributed by atoms with van der Waals surface area (Å²) < 4.78 is 2.25. The second-order valence-corrected chi connectivity index (χ2v) is 10.9. The fraction of sp³-hybridized carbons (Fsp3) is 0.467. The maximum Gasteiger partial charge on any atom is 0.335 e. The van der Waals surface area contributed by atoms with E-state index in [1.807, 2.05) is 17.0 Å². The van der Waals surface area contributed by atoms with E-state index in [-0.39, 0.29) is 17.4 Å². The van der Waals surface area contributed by atoms with E-state index in [1.165, 1.54) is 41.6 Å². The number of aliphatic hydroxyl groups is 1. The highest BCUT2D eigenvalue weighted by molar-refractivity contribution is 5.99. The van der Waals surface area contributed by atoms with Gasteiger partial charge in [-0.05, 0) is 61.3 Å². The van der Waals surface area contributed by atoms with Crippen LogP contribution in [0.5, 0.6) is 0 Å². The number of aromatic nitrogens is 1. The molecule has 3 heterocycles. The minimum Gasteiger partial charge on any atom is -0.478 e. The third-order valence-corrected chi connectivity index (χ3v) is 8.56. The van der Waals surface area contributed by atoms with Crippen LogP contribution in [0.1, 0.15) is 72.3 Å². The number of piperidine rings is 1. The van der Waals surface area contributed by atoms with Crippen LogP contribution in [0.25, 0.3) is 22.2 Å². The minimum absolute atomic E-state index is 0.0897. The molecule has 1 saturated carbocycles. The molecule has 6 rings (SSSR count). The maximum absolute atomic E-state index is 13.8. The summed E-state index contributed by atoms with van der Waals surface area (Å²) in [7, 11) is 0. The van der Waals surface area contributed by atoms with Crippen molar-refractivity contribution in [2.75, 3.05) is 13.1 Å². The number of carboxylic acids is 1. The van der Waals surface area contributed by atoms with Gasteiger partial charge in [-0.1, -0.05) is 49.6 Å². The normalized spacial score (nSPS) is 22.6. The fourth-order valence-electron chi connectivity index (χ4n) is 6.85. The molecule has 2 atom stereocenters. The number of aromatic carboxylic acids is 1. The Labute approximate surface area is 211 Å². The zero-order chi connectivity index (χ0) is 24.8. The summed E-state index contributed by atoms with van der Waals surface area (Å²) in [5, 5.41) is 21.1. The summed E-state index contributed by atoms with van der Waals surface area (Å²) in [5.74, 6) is -0.672. The molecule has 2 aliphatic heterocycles. The number of benzene rings is 2. The third-order valence-electron chi connectivity index (χ3n) is 8.56. The SMILES string of the molecule is O=C(O)c1ccc2c(C3CCCCC3)c3n(c2c1)CC(C(=O)N1CCCC(O)C1)Cc1ccccc1-3. The van der Waals surface area contributed by atoms with Crippen molar-refractivity contribution in [3.8, 4) is 11.3 Å². The van der Waals surface area contributed by atoms with Crippen molar-refractivity contribution in [3.05, 3.63) is 59.2 Å². The van der Waals surface area contributed by atoms with Crippen molar-refractivity contribution >= 4 is 22.8 Å². The van der Waals surface area contributed by atoms with E-state index in [2.05, 4.69) is 22.8 Å². The lowest BCUT2D eigenvalue weighted by atomic mass is 9.81. The number of fused-ring (bicyclic) bond motifs is 5. The molecule has 3 aliphatic rings. The molecule has 0 radical (unpaired) electrons. The average molecular weight is 487 g/mol. The molecule has 1 amide bonds. The van der Waals surface area contributed by atoms with Crippen LogP contribution >= 0.6 is 0 Å². The van der Waals surface area contributed by atoms with Gasteiger partial charge in [0.15, 0.2) is 0 Å². The molecule has 2 unspecified atom stereocenters. The molecular formula is C30H34N2O4. The van der Waals surface area contributed by atoms with Gasteiger partial charge in [0.1, 0.15) is 0 Å². The Hall–Kier alpha value is -3.12. The molecular weight excluding hydrogens is 452 g/mol. The van der Waals surface area contributed by atoms with Crippen molar-refractivity contribution in [2.24, 2.45) is 5.92 Å². The second-order valence-electron chi connectivity index (χ2n) is 10.9. The van der Waals surface area contributed by atoms with E-state index < -0.39 is 12.1 Å². The molecule has 1 saturated heterocycles. The fourth-order valence-corrected chi connectivity index (χ4v) is 6.85. The Morgan fingerprint density at radius 1 is 0.917 bits per heavy atom. The molecule has 0 bridgehead atoms. The lowest BCUT2D eigenvalue weighted by Crippen LogP contribution is -2.46. The van der Waals surface area contributed by atoms with Crippen molar-refractivity contribution in [2.45, 2.75) is 69.9 Å². The predicted octanol–water partition coefficient (Wildman–Crippen LogP) is 5.21. The van der Waals surface area contributed by atoms with Gasteiger partial charge in [0, 0.05) is 36.1 Å². The largest absolute Gasteiger partial charge is 0.478 e. The highest BCUT2D eigenvalue weighted by Crippen LogP contribution is 2.46. The number of likely N-dealkylation sites (tertiary alicyclic amines) is 1. The molecule has 36 heavy (non-hydrogen) atoms. The van der Waals surface area contributed by atoms with Gasteiger partial charge in [-0.2, -0.15) is 0 Å². The molecule has 2 aromatic carbocycles. The zero-order valence-corrected chi connectivity index (χ0v) is 20.7. The zero-order valence-electron chi connectivity index (χ0n) is 20.7. The summed E-state index contributed by atoms with van der Waals surface area (Å²) in [6, 6.07) is 13.9. The van der Waals surface area contributed by atoms with E-state index in [1.54, 1.807) is 12.1 Å². The van der Waals surface area contributed by atoms with Gasteiger partial charge in [0.25, 0.3) is 0 Å². The summed E-state index contributed by atoms with van der Waals surface area (Å²) in [6.45, 7) is 1.60. The number of amides is 1. The van der Waals surface area contributed by atoms with Gasteiger partial charge in [0.05, 0.1) is 23.3 Å². The highest BCUT2D eigenvalue weighted by atomic mass is 16.4. The summed E-state index contributed by atoms with van der Waals surface area (Å²) in [4.78, 5) is 27.5. The van der Waals surface area contributed by atoms with Gasteiger partial charge in [-0.25, -0.2) is 4.79 Å². The third kappa shape index (κ3) is 4.01. The topological polar surface area (TPSA) is 82.8 Å². The smallest absolute Gasteiger partial charge is 0.335 e. The van der Waals surface area contributed by atoms with Crippen LogP contribution in [0.2, 0.25) is 0 Å². The molecule has 1 aliphatic carbocycles. The van der Waals surface area contributed by atoms with E-state index >= 15 is 0 Å². The van der Waals surface area contributed by atoms with Gasteiger partial charge < -0.3 is 19.7 Å². The summed E-state index contributed by atoms with van der Waals surface area (Å²) in [6.07, 6.45) is 7.73. The first-order valence-electron chi connectivity index (χ1n) is 13.5. The lowest BCUT2D eigenvalue weighted by Gasteiger charge is -2.33. The van der Waals surface area contributed by atoms with Gasteiger partial charge in [-0.3, -0.25) is 4.79 Å². The Morgan fingerprint density at radius 2 is 1.72 bits per heavy atom. The molecule has 2 fully saturated rings. The monoisotopic (exact) mass is 486 g/mol. The Bertz CT molecular complexity index is 1320. The number of carboxylic acid groups (broad SMARTS) is 1. The van der Waals surface area contributed by atoms with Crippen LogP contribution in [0.3, 0.4) is 0 Å². The van der Waals surface area contributed by atoms with Crippen LogP contribution in [0.4, 0.5) is 0 Å². The van der Waals surface area contributed by atoms with Crippen molar-refractivity contribution in [3.63, 3.8) is 0 Å². The number of nitrogens with zero attached hydrogens (tertiary/aromatic N) is 2. The summed E-state index contributed by atoms with van der Waals surface area (Å²) >= 11 is 0. The Morgan fingerprint density at radius 3 is 2.50 bits per heavy atom. The quantitative estimate of drug-likeness (QED) is 0.532. The van der Waals surface area contributed by atoms with Crippen LogP contribution in [0.15, 0.2) is 42.5 Å². The first-order valence-corrected chi connectivity index (χ1v) is 13.5. The first-order chi connectivity index (χ1) is 17.5. The van der Waals surface area contributed by atoms with E-state index in [0.29, 0.717) is 32.0 Å². The number of hydrogen-bond acceptors (Lipinski definition) is 3. The summed E-state index contributed by atoms with van der Waals surface area (Å²) in [5.41, 5.74) is 6.03. The number of aliphatic hydroxyl groups excluding tert-OH is 1. The van der Waals surface area contributed by atoms with Crippen LogP contribution < -0.4 is 0 Å². The molecule has 6 heteroatoms. The van der Waals surface area contributed by atoms with Crippen molar-refractivity contribution < 1.29 is 19.8 Å². The number of rotatable bonds is 3. The average Bonchev–Trinajstić information content (AvgIpc) is 3.11. The van der Waals surface area contributed by atoms with E-state index in [4.69, 9.17) is 0 Å². The number of carbonyl (C=O) groups is 2. The van der Waals surface area contributed by atoms with E-state index in [9.17, 15) is 19.8 Å². The van der Waals surface area contributed by atoms with Crippen LogP contribution in [0, 0.1) is 5.92 Å². The van der Waals surface area contributed by atoms with Crippen molar-refractivity contribution in [1.29, 1.82) is 0 Å². The van der Waals surface area contributed by atoms with Gasteiger partial charge >= 0.3 is 5.97 Å². The molecule has 1 aromatic heterocycles. The van der Waals surface area contributed by atoms with Crippen molar-refractivity contribution in [1.82, 2.24) is 9.47 Å². The molecule has 6 nitrogen and oxygen atoms in total. The number of hydrogen-bond donors (Lipinski definition) is 2. The Balaban J connectivity index is 1.55. The highest BCUT2D eigenvalue weighted by Gasteiger charge is 2.35. The second kappa shape index (κ2) is 9.40. The molecule has 188 valence electrons.